The van der Waals surface area contributed by atoms with Crippen molar-refractivity contribution >= 4 is 41.5 Å². The Labute approximate surface area is 192 Å². The van der Waals surface area contributed by atoms with E-state index in [0.717, 1.165) is 44.4 Å². The highest BCUT2D eigenvalue weighted by Crippen LogP contribution is 2.20. The number of hydrogen-bond acceptors (Lipinski definition) is 4. The molecule has 1 heterocycles. The summed E-state index contributed by atoms with van der Waals surface area (Å²) in [6.45, 7) is 13.5. The van der Waals surface area contributed by atoms with Crippen molar-refractivity contribution in [2.45, 2.75) is 27.7 Å². The first-order valence-corrected chi connectivity index (χ1v) is 10.1. The van der Waals surface area contributed by atoms with Crippen LogP contribution in [0.5, 0.6) is 5.75 Å². The molecule has 0 spiro atoms. The molecule has 1 aliphatic rings. The highest BCUT2D eigenvalue weighted by Gasteiger charge is 2.21. The summed E-state index contributed by atoms with van der Waals surface area (Å²) in [5, 5.41) is 6.32. The smallest absolute Gasteiger partial charge is 0.225 e. The fourth-order valence-corrected chi connectivity index (χ4v) is 2.99. The molecule has 0 aliphatic carbocycles. The molecule has 0 aromatic heterocycles. The monoisotopic (exact) mass is 517 g/mol. The Bertz CT molecular complexity index is 650. The lowest BCUT2D eigenvalue weighted by Crippen LogP contribution is -2.52. The van der Waals surface area contributed by atoms with Crippen LogP contribution in [0.3, 0.4) is 0 Å². The van der Waals surface area contributed by atoms with Crippen LogP contribution in [-0.2, 0) is 4.79 Å². The maximum atomic E-state index is 11.9. The normalized spacial score (nSPS) is 14.9. The molecular weight excluding hydrogens is 481 g/mol. The van der Waals surface area contributed by atoms with E-state index in [9.17, 15) is 4.79 Å². The highest BCUT2D eigenvalue weighted by atomic mass is 127. The first-order valence-electron chi connectivity index (χ1n) is 10.1. The number of methoxy groups -OCH3 is 1. The molecule has 1 aromatic carbocycles. The van der Waals surface area contributed by atoms with Gasteiger partial charge in [0.25, 0.3) is 0 Å². The summed E-state index contributed by atoms with van der Waals surface area (Å²) in [5.41, 5.74) is 0.846. The number of ether oxygens (including phenoxy) is 1. The van der Waals surface area contributed by atoms with Crippen LogP contribution in [0.4, 0.5) is 5.69 Å². The molecule has 2 N–H and O–H groups in total. The molecule has 0 saturated carbocycles. The third-order valence-electron chi connectivity index (χ3n) is 4.69. The molecule has 1 aliphatic heterocycles. The van der Waals surface area contributed by atoms with Crippen LogP contribution in [0.1, 0.15) is 27.7 Å². The Kier molecular flexibility index (Phi) is 10.6. The molecule has 1 saturated heterocycles. The van der Waals surface area contributed by atoms with Crippen LogP contribution < -0.4 is 20.3 Å². The van der Waals surface area contributed by atoms with Gasteiger partial charge in [-0.15, -0.1) is 24.0 Å². The second-order valence-electron chi connectivity index (χ2n) is 7.91. The van der Waals surface area contributed by atoms with Gasteiger partial charge < -0.3 is 25.2 Å². The number of nitrogens with one attached hydrogen (secondary N) is 2. The van der Waals surface area contributed by atoms with Crippen LogP contribution >= 0.6 is 24.0 Å². The number of rotatable bonds is 6. The van der Waals surface area contributed by atoms with E-state index in [-0.39, 0.29) is 35.3 Å². The molecule has 1 fully saturated rings. The van der Waals surface area contributed by atoms with Gasteiger partial charge in [-0.25, -0.2) is 0 Å². The molecule has 164 valence electrons. The summed E-state index contributed by atoms with van der Waals surface area (Å²) < 4.78 is 5.23. The Balaban J connectivity index is 0.00000420. The lowest BCUT2D eigenvalue weighted by atomic mass is 9.96. The fourth-order valence-electron chi connectivity index (χ4n) is 2.99. The van der Waals surface area contributed by atoms with Gasteiger partial charge in [0.2, 0.25) is 5.91 Å². The molecule has 0 atom stereocenters. The number of carbonyl (C=O) groups is 1. The number of benzene rings is 1. The number of carbonyl (C=O) groups excluding carboxylic acids is 1. The number of hydrogen-bond donors (Lipinski definition) is 2. The van der Waals surface area contributed by atoms with E-state index in [2.05, 4.69) is 39.5 Å². The molecule has 1 aromatic rings. The van der Waals surface area contributed by atoms with Crippen molar-refractivity contribution in [2.75, 3.05) is 57.8 Å². The van der Waals surface area contributed by atoms with Gasteiger partial charge in [-0.05, 0) is 31.2 Å². The number of piperazine rings is 1. The lowest BCUT2D eigenvalue weighted by molar-refractivity contribution is -0.128. The van der Waals surface area contributed by atoms with Gasteiger partial charge in [0.05, 0.1) is 13.7 Å². The van der Waals surface area contributed by atoms with Crippen LogP contribution in [-0.4, -0.2) is 69.7 Å². The Morgan fingerprint density at radius 1 is 1.10 bits per heavy atom. The summed E-state index contributed by atoms with van der Waals surface area (Å²) >= 11 is 0. The first-order chi connectivity index (χ1) is 13.3. The van der Waals surface area contributed by atoms with Gasteiger partial charge in [0, 0.05) is 50.4 Å². The van der Waals surface area contributed by atoms with Gasteiger partial charge >= 0.3 is 0 Å². The third kappa shape index (κ3) is 7.91. The Hall–Kier alpha value is -1.71. The van der Waals surface area contributed by atoms with E-state index in [4.69, 9.17) is 9.73 Å². The molecular formula is C21H36IN5O2. The zero-order valence-corrected chi connectivity index (χ0v) is 20.7. The van der Waals surface area contributed by atoms with Crippen LogP contribution in [0.15, 0.2) is 29.3 Å². The Morgan fingerprint density at radius 2 is 1.72 bits per heavy atom. The van der Waals surface area contributed by atoms with Crippen molar-refractivity contribution in [2.24, 2.45) is 10.4 Å². The Morgan fingerprint density at radius 3 is 2.24 bits per heavy atom. The van der Waals surface area contributed by atoms with E-state index in [1.165, 1.54) is 5.69 Å². The van der Waals surface area contributed by atoms with Gasteiger partial charge in [0.1, 0.15) is 5.75 Å². The topological polar surface area (TPSA) is 69.2 Å². The molecule has 0 radical (unpaired) electrons. The first kappa shape index (κ1) is 25.3. The summed E-state index contributed by atoms with van der Waals surface area (Å²) in [6, 6.07) is 8.20. The molecule has 8 heteroatoms. The lowest BCUT2D eigenvalue weighted by Gasteiger charge is -2.37. The highest BCUT2D eigenvalue weighted by molar-refractivity contribution is 14.0. The van der Waals surface area contributed by atoms with Gasteiger partial charge in [-0.1, -0.05) is 20.8 Å². The van der Waals surface area contributed by atoms with Crippen LogP contribution in [0, 0.1) is 5.41 Å². The predicted molar refractivity (Wildman–Crippen MR) is 131 cm³/mol. The van der Waals surface area contributed by atoms with E-state index < -0.39 is 0 Å². The molecule has 0 bridgehead atoms. The van der Waals surface area contributed by atoms with Crippen molar-refractivity contribution in [1.29, 1.82) is 0 Å². The van der Waals surface area contributed by atoms with E-state index in [1.807, 2.05) is 32.9 Å². The summed E-state index contributed by atoms with van der Waals surface area (Å²) in [5.74, 6) is 1.85. The zero-order valence-electron chi connectivity index (χ0n) is 18.3. The summed E-state index contributed by atoms with van der Waals surface area (Å²) in [6.07, 6.45) is 0. The molecule has 0 unspecified atom stereocenters. The predicted octanol–water partition coefficient (Wildman–Crippen LogP) is 2.56. The van der Waals surface area contributed by atoms with Crippen molar-refractivity contribution < 1.29 is 9.53 Å². The van der Waals surface area contributed by atoms with E-state index >= 15 is 0 Å². The number of guanidine groups is 1. The fraction of sp³-hybridized carbons (Fsp3) is 0.619. The minimum Gasteiger partial charge on any atom is -0.497 e. The average molecular weight is 517 g/mol. The van der Waals surface area contributed by atoms with Gasteiger partial charge in [-0.3, -0.25) is 9.79 Å². The van der Waals surface area contributed by atoms with Crippen molar-refractivity contribution in [1.82, 2.24) is 15.5 Å². The van der Waals surface area contributed by atoms with Crippen molar-refractivity contribution in [3.05, 3.63) is 24.3 Å². The zero-order chi connectivity index (χ0) is 20.6. The molecule has 2 rings (SSSR count). The minimum absolute atomic E-state index is 0. The third-order valence-corrected chi connectivity index (χ3v) is 4.69. The number of nitrogens with zero attached hydrogens (tertiary/aromatic N) is 3. The average Bonchev–Trinajstić information content (AvgIpc) is 2.69. The molecule has 29 heavy (non-hydrogen) atoms. The second-order valence-corrected chi connectivity index (χ2v) is 7.91. The van der Waals surface area contributed by atoms with Crippen LogP contribution in [0.25, 0.3) is 0 Å². The number of aliphatic imine (C=N–C) groups is 1. The van der Waals surface area contributed by atoms with Gasteiger partial charge in [-0.2, -0.15) is 0 Å². The summed E-state index contributed by atoms with van der Waals surface area (Å²) in [4.78, 5) is 21.3. The maximum Gasteiger partial charge on any atom is 0.225 e. The number of amides is 1. The number of anilines is 1. The van der Waals surface area contributed by atoms with E-state index in [0.29, 0.717) is 13.1 Å². The van der Waals surface area contributed by atoms with E-state index in [1.54, 1.807) is 7.11 Å². The second kappa shape index (κ2) is 12.1. The quantitative estimate of drug-likeness (QED) is 0.263. The maximum absolute atomic E-state index is 11.9. The van der Waals surface area contributed by atoms with Gasteiger partial charge in [0.15, 0.2) is 5.96 Å². The van der Waals surface area contributed by atoms with Crippen molar-refractivity contribution in [3.8, 4) is 5.75 Å². The van der Waals surface area contributed by atoms with Crippen LogP contribution in [0.2, 0.25) is 0 Å². The number of halogens is 1. The minimum atomic E-state index is -0.369. The standard InChI is InChI=1S/C21H35N5O2.HI/c1-6-22-20(24-12-11-23-19(27)21(2,3)4)26-15-13-25(14-16-26)17-7-9-18(28-5)10-8-17;/h7-10H,6,11-16H2,1-5H3,(H,22,24)(H,23,27);1H. The molecule has 7 nitrogen and oxygen atoms in total. The largest absolute Gasteiger partial charge is 0.497 e. The molecule has 1 amide bonds. The van der Waals surface area contributed by atoms with Crippen molar-refractivity contribution in [3.63, 3.8) is 0 Å². The summed E-state index contributed by atoms with van der Waals surface area (Å²) in [7, 11) is 1.68. The SMILES string of the molecule is CCNC(=NCCNC(=O)C(C)(C)C)N1CCN(c2ccc(OC)cc2)CC1.I.